The molecule has 1 heterocycles. The highest BCUT2D eigenvalue weighted by atomic mass is 35.5. The maximum absolute atomic E-state index is 13.5. The first-order valence-corrected chi connectivity index (χ1v) is 9.69. The zero-order chi connectivity index (χ0) is 22.8. The second-order valence-corrected chi connectivity index (χ2v) is 7.10. The number of methoxy groups -OCH3 is 1. The summed E-state index contributed by atoms with van der Waals surface area (Å²) in [5.41, 5.74) is -0.341. The van der Waals surface area contributed by atoms with Gasteiger partial charge in [-0.3, -0.25) is 9.59 Å². The third-order valence-electron chi connectivity index (χ3n) is 4.64. The molecule has 0 unspecified atom stereocenters. The molecule has 0 aliphatic carbocycles. The van der Waals surface area contributed by atoms with Gasteiger partial charge in [0.1, 0.15) is 18.0 Å². The Morgan fingerprint density at radius 3 is 2.61 bits per heavy atom. The lowest BCUT2D eigenvalue weighted by Gasteiger charge is -2.24. The van der Waals surface area contributed by atoms with Gasteiger partial charge in [-0.2, -0.15) is 13.2 Å². The van der Waals surface area contributed by atoms with Gasteiger partial charge in [0.25, 0.3) is 5.91 Å². The summed E-state index contributed by atoms with van der Waals surface area (Å²) in [6.07, 6.45) is -7.58. The van der Waals surface area contributed by atoms with E-state index in [2.05, 4.69) is 5.32 Å². The van der Waals surface area contributed by atoms with Gasteiger partial charge in [-0.1, -0.05) is 23.7 Å². The van der Waals surface area contributed by atoms with Crippen LogP contribution in [0.1, 0.15) is 36.1 Å². The summed E-state index contributed by atoms with van der Waals surface area (Å²) in [4.78, 5) is 24.6. The molecule has 1 aliphatic rings. The average molecular weight is 458 g/mol. The maximum Gasteiger partial charge on any atom is 0.419 e. The molecule has 31 heavy (non-hydrogen) atoms. The first kappa shape index (κ1) is 22.9. The van der Waals surface area contributed by atoms with E-state index in [0.29, 0.717) is 11.3 Å². The highest BCUT2D eigenvalue weighted by molar-refractivity contribution is 6.30. The minimum absolute atomic E-state index is 0.0335. The summed E-state index contributed by atoms with van der Waals surface area (Å²) in [5.74, 6) is -1.76. The molecule has 2 atom stereocenters. The van der Waals surface area contributed by atoms with Crippen LogP contribution in [-0.2, 0) is 25.2 Å². The van der Waals surface area contributed by atoms with E-state index < -0.39 is 48.0 Å². The molecule has 6 nitrogen and oxygen atoms in total. The third-order valence-corrected chi connectivity index (χ3v) is 4.88. The number of para-hydroxylation sites is 1. The number of rotatable bonds is 5. The number of benzene rings is 2. The smallest absolute Gasteiger partial charge is 0.419 e. The molecule has 1 aliphatic heterocycles. The monoisotopic (exact) mass is 457 g/mol. The predicted octanol–water partition coefficient (Wildman–Crippen LogP) is 4.75. The van der Waals surface area contributed by atoms with Crippen LogP contribution in [-0.4, -0.2) is 31.7 Å². The van der Waals surface area contributed by atoms with Gasteiger partial charge in [-0.05, 0) is 31.2 Å². The van der Waals surface area contributed by atoms with E-state index in [-0.39, 0.29) is 17.2 Å². The molecule has 166 valence electrons. The van der Waals surface area contributed by atoms with E-state index >= 15 is 0 Å². The van der Waals surface area contributed by atoms with E-state index in [9.17, 15) is 22.8 Å². The van der Waals surface area contributed by atoms with Crippen molar-refractivity contribution >= 4 is 29.2 Å². The fourth-order valence-electron chi connectivity index (χ4n) is 3.34. The van der Waals surface area contributed by atoms with Gasteiger partial charge in [0.15, 0.2) is 0 Å². The summed E-state index contributed by atoms with van der Waals surface area (Å²) in [6, 6.07) is 8.02. The molecular weight excluding hydrogens is 439 g/mol. The number of esters is 1. The summed E-state index contributed by atoms with van der Waals surface area (Å²) < 4.78 is 56.5. The topological polar surface area (TPSA) is 73.9 Å². The van der Waals surface area contributed by atoms with Crippen molar-refractivity contribution in [1.29, 1.82) is 0 Å². The largest absolute Gasteiger partial charge is 0.496 e. The summed E-state index contributed by atoms with van der Waals surface area (Å²) in [5, 5.41) is 2.92. The fourth-order valence-corrected chi connectivity index (χ4v) is 3.52. The van der Waals surface area contributed by atoms with Crippen molar-refractivity contribution in [3.8, 4) is 5.75 Å². The minimum atomic E-state index is -4.68. The van der Waals surface area contributed by atoms with Crippen LogP contribution in [0.3, 0.4) is 0 Å². The number of hydrogen-bond donors (Lipinski definition) is 1. The average Bonchev–Trinajstić information content (AvgIpc) is 2.83. The zero-order valence-corrected chi connectivity index (χ0v) is 17.3. The van der Waals surface area contributed by atoms with Crippen molar-refractivity contribution < 1.29 is 37.0 Å². The lowest BCUT2D eigenvalue weighted by atomic mass is 9.96. The molecule has 0 bridgehead atoms. The maximum atomic E-state index is 13.5. The molecule has 2 aromatic rings. The normalized spacial score (nSPS) is 18.6. The first-order chi connectivity index (χ1) is 14.7. The number of fused-ring (bicyclic) bond motifs is 1. The molecule has 0 spiro atoms. The highest BCUT2D eigenvalue weighted by Crippen LogP contribution is 2.45. The molecule has 0 saturated carbocycles. The number of anilines is 1. The predicted molar refractivity (Wildman–Crippen MR) is 106 cm³/mol. The Hall–Kier alpha value is -2.78. The number of carbonyl (C=O) groups is 2. The van der Waals surface area contributed by atoms with Gasteiger partial charge in [-0.15, -0.1) is 0 Å². The number of amides is 1. The van der Waals surface area contributed by atoms with Crippen LogP contribution in [0, 0.1) is 0 Å². The molecule has 0 saturated heterocycles. The van der Waals surface area contributed by atoms with Crippen LogP contribution < -0.4 is 10.1 Å². The van der Waals surface area contributed by atoms with Crippen LogP contribution in [0.4, 0.5) is 18.9 Å². The zero-order valence-electron chi connectivity index (χ0n) is 16.6. The molecule has 1 amide bonds. The Labute approximate surface area is 181 Å². The third kappa shape index (κ3) is 4.94. The molecule has 3 rings (SSSR count). The Kier molecular flexibility index (Phi) is 6.76. The van der Waals surface area contributed by atoms with E-state index in [0.717, 1.165) is 13.2 Å². The van der Waals surface area contributed by atoms with Gasteiger partial charge in [-0.25, -0.2) is 0 Å². The number of halogens is 4. The van der Waals surface area contributed by atoms with Crippen LogP contribution >= 0.6 is 11.6 Å². The SMILES string of the molecule is CCOC(=O)C[C@H]1O[C@H](c2cccc(C(F)(F)F)c2OC)c2cc(Cl)ccc2NC1=O. The number of ether oxygens (including phenoxy) is 3. The van der Waals surface area contributed by atoms with Gasteiger partial charge in [0.2, 0.25) is 0 Å². The van der Waals surface area contributed by atoms with E-state index in [1.807, 2.05) is 0 Å². The lowest BCUT2D eigenvalue weighted by molar-refractivity contribution is -0.150. The number of nitrogens with one attached hydrogen (secondary N) is 1. The van der Waals surface area contributed by atoms with E-state index in [1.165, 1.54) is 30.3 Å². The molecular formula is C21H19ClF3NO5. The lowest BCUT2D eigenvalue weighted by Crippen LogP contribution is -2.32. The van der Waals surface area contributed by atoms with Crippen LogP contribution in [0.5, 0.6) is 5.75 Å². The molecule has 0 fully saturated rings. The van der Waals surface area contributed by atoms with E-state index in [4.69, 9.17) is 25.8 Å². The minimum Gasteiger partial charge on any atom is -0.496 e. The second-order valence-electron chi connectivity index (χ2n) is 6.66. The first-order valence-electron chi connectivity index (χ1n) is 9.31. The van der Waals surface area contributed by atoms with Crippen LogP contribution in [0.2, 0.25) is 5.02 Å². The summed E-state index contributed by atoms with van der Waals surface area (Å²) in [7, 11) is 1.11. The Morgan fingerprint density at radius 1 is 1.23 bits per heavy atom. The van der Waals surface area contributed by atoms with Crippen molar-refractivity contribution in [2.75, 3.05) is 19.0 Å². The summed E-state index contributed by atoms with van der Waals surface area (Å²) in [6.45, 7) is 1.72. The van der Waals surface area contributed by atoms with Crippen molar-refractivity contribution in [3.63, 3.8) is 0 Å². The molecule has 0 radical (unpaired) electrons. The number of alkyl halides is 3. The summed E-state index contributed by atoms with van der Waals surface area (Å²) >= 11 is 6.10. The van der Waals surface area contributed by atoms with Crippen molar-refractivity contribution in [2.45, 2.75) is 31.7 Å². The van der Waals surface area contributed by atoms with E-state index in [1.54, 1.807) is 6.92 Å². The number of hydrogen-bond acceptors (Lipinski definition) is 5. The van der Waals surface area contributed by atoms with Crippen molar-refractivity contribution in [2.24, 2.45) is 0 Å². The van der Waals surface area contributed by atoms with Gasteiger partial charge in [0, 0.05) is 21.8 Å². The van der Waals surface area contributed by atoms with Crippen molar-refractivity contribution in [1.82, 2.24) is 0 Å². The van der Waals surface area contributed by atoms with Gasteiger partial charge >= 0.3 is 12.1 Å². The molecule has 1 N–H and O–H groups in total. The van der Waals surface area contributed by atoms with Crippen molar-refractivity contribution in [3.05, 3.63) is 58.1 Å². The molecule has 2 aromatic carbocycles. The highest BCUT2D eigenvalue weighted by Gasteiger charge is 2.39. The standard InChI is InChI=1S/C21H19ClF3NO5/c1-3-30-17(27)10-16-20(28)26-15-8-7-11(22)9-13(15)18(31-16)12-5-4-6-14(19(12)29-2)21(23,24)25/h4-9,16,18H,3,10H2,1-2H3,(H,26,28)/t16-,18-/m1/s1. The fraction of sp³-hybridized carbons (Fsp3) is 0.333. The quantitative estimate of drug-likeness (QED) is 0.656. The van der Waals surface area contributed by atoms with Crippen LogP contribution in [0.15, 0.2) is 36.4 Å². The Balaban J connectivity index is 2.15. The number of carbonyl (C=O) groups excluding carboxylic acids is 2. The molecule has 10 heteroatoms. The Morgan fingerprint density at radius 2 is 1.97 bits per heavy atom. The Bertz CT molecular complexity index is 995. The van der Waals surface area contributed by atoms with Crippen LogP contribution in [0.25, 0.3) is 0 Å². The second kappa shape index (κ2) is 9.15. The molecule has 0 aromatic heterocycles. The van der Waals surface area contributed by atoms with Gasteiger partial charge in [0.05, 0.1) is 25.7 Å². The van der Waals surface area contributed by atoms with Gasteiger partial charge < -0.3 is 19.5 Å².